The van der Waals surface area contributed by atoms with E-state index in [2.05, 4.69) is 111 Å². The molecule has 0 aromatic heterocycles. The van der Waals surface area contributed by atoms with E-state index < -0.39 is 0 Å². The van der Waals surface area contributed by atoms with Crippen molar-refractivity contribution >= 4 is 40.7 Å². The van der Waals surface area contributed by atoms with Gasteiger partial charge >= 0.3 is 21.7 Å². The van der Waals surface area contributed by atoms with E-state index in [1.54, 1.807) is 0 Å². The standard InChI is InChI=1S/C16H14P.C10H9.2ClH.Ti/c1-12-6-2-5-9-16(12)17-15-10-13-7-3-4-8-14(13)11-15;1-8-6-9-4-2-3-5-10(9)7-8;;;/h2-11,17H,1H3;2-7H,1H3;2*1H;/q2*-1;;;+4/p-2. The summed E-state index contributed by atoms with van der Waals surface area (Å²) >= 11 is 0. The molecule has 5 aromatic rings. The molecular formula is C26H23Cl2PTi. The van der Waals surface area contributed by atoms with Crippen molar-refractivity contribution in [3.8, 4) is 0 Å². The number of fused-ring (bicyclic) bond motifs is 2. The number of halogens is 2. The zero-order valence-electron chi connectivity index (χ0n) is 17.0. The Labute approximate surface area is 208 Å². The minimum atomic E-state index is 0. The van der Waals surface area contributed by atoms with Gasteiger partial charge in [0.05, 0.1) is 0 Å². The Morgan fingerprint density at radius 2 is 1.17 bits per heavy atom. The second-order valence-corrected chi connectivity index (χ2v) is 8.34. The van der Waals surface area contributed by atoms with E-state index in [-0.39, 0.29) is 46.5 Å². The van der Waals surface area contributed by atoms with Crippen molar-refractivity contribution in [1.82, 2.24) is 0 Å². The summed E-state index contributed by atoms with van der Waals surface area (Å²) in [6.45, 7) is 4.31. The summed E-state index contributed by atoms with van der Waals surface area (Å²) in [6.07, 6.45) is 0. The largest absolute Gasteiger partial charge is 4.00 e. The second-order valence-electron chi connectivity index (χ2n) is 6.97. The average molecular weight is 485 g/mol. The van der Waals surface area contributed by atoms with E-state index in [1.165, 1.54) is 43.3 Å². The molecular weight excluding hydrogens is 462 g/mol. The Hall–Kier alpha value is -1.40. The quantitative estimate of drug-likeness (QED) is 0.193. The Morgan fingerprint density at radius 1 is 0.633 bits per heavy atom. The van der Waals surface area contributed by atoms with Gasteiger partial charge in [-0.3, -0.25) is 0 Å². The van der Waals surface area contributed by atoms with Crippen molar-refractivity contribution in [2.45, 2.75) is 13.8 Å². The molecule has 5 aromatic carbocycles. The third-order valence-electron chi connectivity index (χ3n) is 4.80. The molecule has 0 saturated carbocycles. The minimum Gasteiger partial charge on any atom is -1.00 e. The van der Waals surface area contributed by atoms with Crippen LogP contribution in [0.1, 0.15) is 11.1 Å². The first-order valence-electron chi connectivity index (χ1n) is 9.29. The van der Waals surface area contributed by atoms with Crippen molar-refractivity contribution in [3.63, 3.8) is 0 Å². The summed E-state index contributed by atoms with van der Waals surface area (Å²) < 4.78 is 0. The van der Waals surface area contributed by atoms with Crippen LogP contribution in [0.5, 0.6) is 0 Å². The normalized spacial score (nSPS) is 10.1. The Balaban J connectivity index is 0.000000302. The molecule has 0 saturated heterocycles. The molecule has 0 bridgehead atoms. The Bertz CT molecular complexity index is 1120. The van der Waals surface area contributed by atoms with Crippen molar-refractivity contribution in [3.05, 3.63) is 108 Å². The van der Waals surface area contributed by atoms with Crippen LogP contribution in [0.2, 0.25) is 0 Å². The second kappa shape index (κ2) is 12.5. The molecule has 1 atom stereocenters. The summed E-state index contributed by atoms with van der Waals surface area (Å²) in [6, 6.07) is 34.6. The van der Waals surface area contributed by atoms with E-state index in [0.717, 1.165) is 8.58 Å². The molecule has 150 valence electrons. The third kappa shape index (κ3) is 6.55. The summed E-state index contributed by atoms with van der Waals surface area (Å²) in [4.78, 5) is 0. The average Bonchev–Trinajstić information content (AvgIpc) is 3.25. The van der Waals surface area contributed by atoms with Crippen LogP contribution in [0.3, 0.4) is 0 Å². The number of aryl methyl sites for hydroxylation is 2. The molecule has 0 amide bonds. The van der Waals surface area contributed by atoms with E-state index >= 15 is 0 Å². The number of hydrogen-bond donors (Lipinski definition) is 0. The van der Waals surface area contributed by atoms with Gasteiger partial charge in [0, 0.05) is 0 Å². The molecule has 0 aliphatic rings. The van der Waals surface area contributed by atoms with Gasteiger partial charge < -0.3 is 24.8 Å². The van der Waals surface area contributed by atoms with E-state index in [0.29, 0.717) is 0 Å². The van der Waals surface area contributed by atoms with Gasteiger partial charge in [0.2, 0.25) is 0 Å². The van der Waals surface area contributed by atoms with E-state index in [9.17, 15) is 0 Å². The summed E-state index contributed by atoms with van der Waals surface area (Å²) in [5.41, 5.74) is 2.73. The third-order valence-corrected chi connectivity index (χ3v) is 6.21. The molecule has 0 radical (unpaired) electrons. The molecule has 5 rings (SSSR count). The fourth-order valence-corrected chi connectivity index (χ4v) is 4.62. The molecule has 1 unspecified atom stereocenters. The molecule has 0 nitrogen and oxygen atoms in total. The van der Waals surface area contributed by atoms with Crippen LogP contribution in [0.25, 0.3) is 21.5 Å². The van der Waals surface area contributed by atoms with Gasteiger partial charge in [-0.2, -0.15) is 12.1 Å². The van der Waals surface area contributed by atoms with Gasteiger partial charge in [0.1, 0.15) is 0 Å². The molecule has 0 fully saturated rings. The monoisotopic (exact) mass is 484 g/mol. The number of rotatable bonds is 2. The maximum atomic E-state index is 2.31. The topological polar surface area (TPSA) is 0 Å². The summed E-state index contributed by atoms with van der Waals surface area (Å²) in [5.74, 6) is 0. The smallest absolute Gasteiger partial charge is 1.00 e. The minimum absolute atomic E-state index is 0. The van der Waals surface area contributed by atoms with Crippen molar-refractivity contribution in [1.29, 1.82) is 0 Å². The molecule has 0 aliphatic carbocycles. The van der Waals surface area contributed by atoms with Crippen LogP contribution in [-0.2, 0) is 21.7 Å². The van der Waals surface area contributed by atoms with Crippen molar-refractivity contribution in [2.75, 3.05) is 0 Å². The maximum Gasteiger partial charge on any atom is 4.00 e. The van der Waals surface area contributed by atoms with Crippen molar-refractivity contribution in [2.24, 2.45) is 0 Å². The molecule has 4 heteroatoms. The van der Waals surface area contributed by atoms with Crippen molar-refractivity contribution < 1.29 is 46.5 Å². The van der Waals surface area contributed by atoms with Crippen LogP contribution in [0.15, 0.2) is 97.1 Å². The molecule has 0 N–H and O–H groups in total. The Morgan fingerprint density at radius 3 is 1.77 bits per heavy atom. The van der Waals surface area contributed by atoms with Gasteiger partial charge in [0.15, 0.2) is 0 Å². The fourth-order valence-electron chi connectivity index (χ4n) is 3.40. The van der Waals surface area contributed by atoms with Crippen LogP contribution in [-0.4, -0.2) is 0 Å². The number of benzene rings is 3. The maximum absolute atomic E-state index is 2.31. The van der Waals surface area contributed by atoms with E-state index in [1.807, 2.05) is 0 Å². The van der Waals surface area contributed by atoms with Crippen LogP contribution >= 0.6 is 8.58 Å². The molecule has 0 aliphatic heterocycles. The fraction of sp³-hybridized carbons (Fsp3) is 0.0769. The first-order chi connectivity index (χ1) is 13.2. The first kappa shape index (κ1) is 26.6. The predicted molar refractivity (Wildman–Crippen MR) is 123 cm³/mol. The zero-order chi connectivity index (χ0) is 18.6. The summed E-state index contributed by atoms with van der Waals surface area (Å²) in [5, 5.41) is 8.27. The van der Waals surface area contributed by atoms with E-state index in [4.69, 9.17) is 0 Å². The molecule has 0 spiro atoms. The van der Waals surface area contributed by atoms with Gasteiger partial charge in [-0.15, -0.1) is 80.9 Å². The van der Waals surface area contributed by atoms with Crippen LogP contribution in [0.4, 0.5) is 0 Å². The van der Waals surface area contributed by atoms with Crippen LogP contribution in [0, 0.1) is 13.8 Å². The number of hydrogen-bond acceptors (Lipinski definition) is 0. The molecule has 30 heavy (non-hydrogen) atoms. The summed E-state index contributed by atoms with van der Waals surface area (Å²) in [7, 11) is 0.759. The first-order valence-corrected chi connectivity index (χ1v) is 10.3. The van der Waals surface area contributed by atoms with Gasteiger partial charge in [-0.1, -0.05) is 51.9 Å². The van der Waals surface area contributed by atoms with Gasteiger partial charge in [0.25, 0.3) is 0 Å². The van der Waals surface area contributed by atoms with Gasteiger partial charge in [-0.25, -0.2) is 0 Å². The van der Waals surface area contributed by atoms with Gasteiger partial charge in [-0.05, 0) is 17.8 Å². The van der Waals surface area contributed by atoms with Crippen LogP contribution < -0.4 is 35.4 Å². The zero-order valence-corrected chi connectivity index (χ0v) is 21.1. The molecule has 0 heterocycles. The predicted octanol–water partition coefficient (Wildman–Crippen LogP) is 0.369. The SMILES string of the molecule is Cc1cc2ccccc2[cH-]1.Cc1ccccc1Pc1cc2ccccc2[cH-]1.[Cl-].[Cl-].[Ti+4]. The Kier molecular flexibility index (Phi) is 11.1.